The van der Waals surface area contributed by atoms with Gasteiger partial charge >= 0.3 is 0 Å². The van der Waals surface area contributed by atoms with Crippen LogP contribution in [0, 0.1) is 0 Å². The normalized spacial score (nSPS) is 15.4. The summed E-state index contributed by atoms with van der Waals surface area (Å²) in [5.74, 6) is 0.746. The van der Waals surface area contributed by atoms with E-state index in [0.29, 0.717) is 11.1 Å². The molecule has 0 bridgehead atoms. The molecule has 2 aromatic carbocycles. The second-order valence-electron chi connectivity index (χ2n) is 7.75. The number of nitrogens with zero attached hydrogens (tertiary/aromatic N) is 3. The summed E-state index contributed by atoms with van der Waals surface area (Å²) in [5, 5.41) is 0. The van der Waals surface area contributed by atoms with E-state index >= 15 is 0 Å². The third-order valence-electron chi connectivity index (χ3n) is 5.82. The maximum atomic E-state index is 13.5. The van der Waals surface area contributed by atoms with Gasteiger partial charge in [-0.05, 0) is 62.7 Å². The number of imidazole rings is 1. The predicted octanol–water partition coefficient (Wildman–Crippen LogP) is 4.98. The fraction of sp³-hybridized carbons (Fsp3) is 0.435. The minimum absolute atomic E-state index is 0.00285. The van der Waals surface area contributed by atoms with Crippen LogP contribution in [0.4, 0.5) is 8.78 Å². The minimum Gasteiger partial charge on any atom is -0.326 e. The standard InChI is InChI=1S/C23H28F2N4/c24-22(25)19-15-17(9-10-18(19)16-26)23-27-20-7-2-3-8-21(20)29(23)14-6-13-28-11-4-1-5-12-28/h2-3,7-10,15,22H,1,4-6,11-14,16,26H2. The molecule has 2 N–H and O–H groups in total. The van der Waals surface area contributed by atoms with E-state index in [9.17, 15) is 8.78 Å². The lowest BCUT2D eigenvalue weighted by Crippen LogP contribution is -2.31. The lowest BCUT2D eigenvalue weighted by molar-refractivity contribution is 0.150. The second kappa shape index (κ2) is 9.01. The molecule has 0 saturated carbocycles. The summed E-state index contributed by atoms with van der Waals surface area (Å²) in [6.45, 7) is 4.33. The molecule has 1 saturated heterocycles. The van der Waals surface area contributed by atoms with Crippen molar-refractivity contribution in [2.75, 3.05) is 19.6 Å². The molecule has 1 aromatic heterocycles. The van der Waals surface area contributed by atoms with Crippen molar-refractivity contribution in [2.45, 2.75) is 45.2 Å². The molecule has 3 aromatic rings. The Bertz CT molecular complexity index is 961. The van der Waals surface area contributed by atoms with E-state index in [2.05, 4.69) is 15.5 Å². The highest BCUT2D eigenvalue weighted by Crippen LogP contribution is 2.30. The Morgan fingerprint density at radius 1 is 1.00 bits per heavy atom. The number of piperidine rings is 1. The van der Waals surface area contributed by atoms with E-state index in [1.54, 1.807) is 12.1 Å². The molecule has 1 fully saturated rings. The number of fused-ring (bicyclic) bond motifs is 1. The van der Waals surface area contributed by atoms with Gasteiger partial charge in [-0.2, -0.15) is 0 Å². The Hall–Kier alpha value is -2.31. The summed E-state index contributed by atoms with van der Waals surface area (Å²) in [6, 6.07) is 13.1. The van der Waals surface area contributed by atoms with Crippen LogP contribution < -0.4 is 5.73 Å². The average Bonchev–Trinajstić information content (AvgIpc) is 3.12. The summed E-state index contributed by atoms with van der Waals surface area (Å²) in [7, 11) is 0. The van der Waals surface area contributed by atoms with Gasteiger partial charge in [0.2, 0.25) is 0 Å². The number of para-hydroxylation sites is 2. The second-order valence-corrected chi connectivity index (χ2v) is 7.75. The zero-order chi connectivity index (χ0) is 20.2. The number of halogens is 2. The number of nitrogens with two attached hydrogens (primary N) is 1. The average molecular weight is 399 g/mol. The zero-order valence-corrected chi connectivity index (χ0v) is 16.7. The molecule has 1 aliphatic heterocycles. The lowest BCUT2D eigenvalue weighted by atomic mass is 10.0. The number of hydrogen-bond donors (Lipinski definition) is 1. The van der Waals surface area contributed by atoms with Crippen molar-refractivity contribution in [2.24, 2.45) is 5.73 Å². The van der Waals surface area contributed by atoms with Crippen molar-refractivity contribution in [3.05, 3.63) is 53.6 Å². The van der Waals surface area contributed by atoms with Crippen LogP contribution in [0.25, 0.3) is 22.4 Å². The molecule has 0 unspecified atom stereocenters. The monoisotopic (exact) mass is 398 g/mol. The van der Waals surface area contributed by atoms with E-state index in [1.807, 2.05) is 24.3 Å². The first-order valence-electron chi connectivity index (χ1n) is 10.5. The molecule has 4 nitrogen and oxygen atoms in total. The van der Waals surface area contributed by atoms with Gasteiger partial charge < -0.3 is 15.2 Å². The number of aromatic nitrogens is 2. The molecule has 6 heteroatoms. The van der Waals surface area contributed by atoms with Crippen molar-refractivity contribution in [3.8, 4) is 11.4 Å². The largest absolute Gasteiger partial charge is 0.326 e. The highest BCUT2D eigenvalue weighted by Gasteiger charge is 2.18. The first-order chi connectivity index (χ1) is 14.2. The third kappa shape index (κ3) is 4.33. The van der Waals surface area contributed by atoms with Gasteiger partial charge in [-0.3, -0.25) is 0 Å². The van der Waals surface area contributed by atoms with Gasteiger partial charge in [0.1, 0.15) is 5.82 Å². The number of alkyl halides is 2. The van der Waals surface area contributed by atoms with Crippen LogP contribution in [0.15, 0.2) is 42.5 Å². The summed E-state index contributed by atoms with van der Waals surface area (Å²) in [6.07, 6.45) is 2.35. The van der Waals surface area contributed by atoms with Crippen molar-refractivity contribution < 1.29 is 8.78 Å². The van der Waals surface area contributed by atoms with Gasteiger partial charge in [-0.1, -0.05) is 30.7 Å². The Labute approximate surface area is 170 Å². The summed E-state index contributed by atoms with van der Waals surface area (Å²) in [5.41, 5.74) is 8.78. The van der Waals surface area contributed by atoms with Crippen molar-refractivity contribution in [3.63, 3.8) is 0 Å². The van der Waals surface area contributed by atoms with Gasteiger partial charge in [-0.25, -0.2) is 13.8 Å². The number of hydrogen-bond acceptors (Lipinski definition) is 3. The van der Waals surface area contributed by atoms with Crippen LogP contribution in [0.1, 0.15) is 43.2 Å². The van der Waals surface area contributed by atoms with Crippen LogP contribution in [-0.2, 0) is 13.1 Å². The van der Waals surface area contributed by atoms with Crippen LogP contribution in [0.2, 0.25) is 0 Å². The first-order valence-corrected chi connectivity index (χ1v) is 10.5. The first kappa shape index (κ1) is 20.0. The summed E-state index contributed by atoms with van der Waals surface area (Å²) in [4.78, 5) is 7.30. The molecule has 0 atom stereocenters. The van der Waals surface area contributed by atoms with Crippen LogP contribution in [0.5, 0.6) is 0 Å². The highest BCUT2D eigenvalue weighted by molar-refractivity contribution is 5.80. The minimum atomic E-state index is -2.55. The number of aryl methyl sites for hydroxylation is 1. The van der Waals surface area contributed by atoms with Gasteiger partial charge in [0.05, 0.1) is 11.0 Å². The number of benzene rings is 2. The third-order valence-corrected chi connectivity index (χ3v) is 5.82. The zero-order valence-electron chi connectivity index (χ0n) is 16.7. The maximum absolute atomic E-state index is 13.5. The van der Waals surface area contributed by atoms with Crippen molar-refractivity contribution >= 4 is 11.0 Å². The van der Waals surface area contributed by atoms with Crippen LogP contribution in [-0.4, -0.2) is 34.1 Å². The maximum Gasteiger partial charge on any atom is 0.264 e. The molecule has 0 radical (unpaired) electrons. The van der Waals surface area contributed by atoms with Crippen molar-refractivity contribution in [1.82, 2.24) is 14.5 Å². The fourth-order valence-electron chi connectivity index (χ4n) is 4.28. The van der Waals surface area contributed by atoms with Gasteiger partial charge in [0.25, 0.3) is 6.43 Å². The molecular weight excluding hydrogens is 370 g/mol. The van der Waals surface area contributed by atoms with E-state index in [1.165, 1.54) is 32.4 Å². The molecule has 0 aliphatic carbocycles. The highest BCUT2D eigenvalue weighted by atomic mass is 19.3. The van der Waals surface area contributed by atoms with Gasteiger partial charge in [0.15, 0.2) is 0 Å². The Kier molecular flexibility index (Phi) is 6.21. The molecule has 1 aliphatic rings. The molecule has 4 rings (SSSR count). The molecule has 0 amide bonds. The number of rotatable bonds is 7. The van der Waals surface area contributed by atoms with E-state index < -0.39 is 6.43 Å². The Morgan fingerprint density at radius 2 is 1.79 bits per heavy atom. The lowest BCUT2D eigenvalue weighted by Gasteiger charge is -2.26. The van der Waals surface area contributed by atoms with E-state index in [-0.39, 0.29) is 12.1 Å². The Morgan fingerprint density at radius 3 is 2.55 bits per heavy atom. The Balaban J connectivity index is 1.65. The summed E-state index contributed by atoms with van der Waals surface area (Å²) < 4.78 is 29.2. The molecule has 29 heavy (non-hydrogen) atoms. The van der Waals surface area contributed by atoms with Crippen molar-refractivity contribution in [1.29, 1.82) is 0 Å². The molecular formula is C23H28F2N4. The van der Waals surface area contributed by atoms with E-state index in [4.69, 9.17) is 10.7 Å². The SMILES string of the molecule is NCc1ccc(-c2nc3ccccc3n2CCCN2CCCCC2)cc1C(F)F. The summed E-state index contributed by atoms with van der Waals surface area (Å²) >= 11 is 0. The topological polar surface area (TPSA) is 47.1 Å². The molecule has 154 valence electrons. The number of likely N-dealkylation sites (tertiary alicyclic amines) is 1. The fourth-order valence-corrected chi connectivity index (χ4v) is 4.28. The van der Waals surface area contributed by atoms with Gasteiger partial charge in [-0.15, -0.1) is 0 Å². The van der Waals surface area contributed by atoms with Crippen LogP contribution >= 0.6 is 0 Å². The quantitative estimate of drug-likeness (QED) is 0.611. The van der Waals surface area contributed by atoms with E-state index in [0.717, 1.165) is 36.4 Å². The molecule has 2 heterocycles. The predicted molar refractivity (Wildman–Crippen MR) is 113 cm³/mol. The smallest absolute Gasteiger partial charge is 0.264 e. The van der Waals surface area contributed by atoms with Crippen LogP contribution in [0.3, 0.4) is 0 Å². The molecule has 0 spiro atoms. The van der Waals surface area contributed by atoms with Gasteiger partial charge in [0, 0.05) is 24.2 Å².